The first-order valence-corrected chi connectivity index (χ1v) is 7.11. The van der Waals surface area contributed by atoms with Crippen molar-refractivity contribution in [3.63, 3.8) is 0 Å². The Balaban J connectivity index is 2.00. The van der Waals surface area contributed by atoms with Gasteiger partial charge in [-0.25, -0.2) is 0 Å². The van der Waals surface area contributed by atoms with Gasteiger partial charge in [-0.05, 0) is 12.1 Å². The second-order valence-corrected chi connectivity index (χ2v) is 4.99. The maximum Gasteiger partial charge on any atom is 0.135 e. The van der Waals surface area contributed by atoms with E-state index in [-0.39, 0.29) is 0 Å². The molecule has 0 aliphatic heterocycles. The molecule has 2 aromatic rings. The molecule has 21 heavy (non-hydrogen) atoms. The number of nitrogens with zero attached hydrogens (tertiary/aromatic N) is 1. The summed E-state index contributed by atoms with van der Waals surface area (Å²) in [5.41, 5.74) is 0.798. The molecule has 2 rings (SSSR count). The molecule has 116 valence electrons. The van der Waals surface area contributed by atoms with Gasteiger partial charge in [0.25, 0.3) is 0 Å². The van der Waals surface area contributed by atoms with Crippen molar-refractivity contribution in [1.29, 1.82) is 0 Å². The van der Waals surface area contributed by atoms with Gasteiger partial charge >= 0.3 is 0 Å². The lowest BCUT2D eigenvalue weighted by Crippen LogP contribution is -2.34. The second-order valence-electron chi connectivity index (χ2n) is 4.99. The maximum absolute atomic E-state index is 10.4. The Hall–Kier alpha value is -1.40. The zero-order valence-corrected chi connectivity index (χ0v) is 12.6. The van der Waals surface area contributed by atoms with E-state index in [2.05, 4.69) is 4.90 Å². The van der Waals surface area contributed by atoms with Crippen LogP contribution in [0.5, 0.6) is 0 Å². The Morgan fingerprint density at radius 2 is 1.81 bits per heavy atom. The maximum atomic E-state index is 10.4. The van der Waals surface area contributed by atoms with Crippen molar-refractivity contribution in [2.24, 2.45) is 0 Å². The molecule has 1 aromatic heterocycles. The third kappa shape index (κ3) is 4.54. The fourth-order valence-corrected chi connectivity index (χ4v) is 2.24. The van der Waals surface area contributed by atoms with Crippen LogP contribution in [0.4, 0.5) is 0 Å². The van der Waals surface area contributed by atoms with E-state index in [1.165, 1.54) is 0 Å². The molecule has 0 spiro atoms. The Kier molecular flexibility index (Phi) is 6.20. The predicted molar refractivity (Wildman–Crippen MR) is 81.4 cm³/mol. The highest BCUT2D eigenvalue weighted by Crippen LogP contribution is 2.24. The van der Waals surface area contributed by atoms with Gasteiger partial charge in [-0.15, -0.1) is 0 Å². The number of para-hydroxylation sites is 1. The molecule has 5 nitrogen and oxygen atoms in total. The molecule has 0 fully saturated rings. The van der Waals surface area contributed by atoms with Crippen LogP contribution in [0, 0.1) is 0 Å². The van der Waals surface area contributed by atoms with Gasteiger partial charge in [-0.1, -0.05) is 18.2 Å². The minimum absolute atomic E-state index is 0.493. The van der Waals surface area contributed by atoms with Crippen molar-refractivity contribution in [3.05, 3.63) is 36.1 Å². The Morgan fingerprint density at radius 1 is 1.14 bits per heavy atom. The Morgan fingerprint density at radius 3 is 2.43 bits per heavy atom. The van der Waals surface area contributed by atoms with Crippen LogP contribution < -0.4 is 0 Å². The van der Waals surface area contributed by atoms with Gasteiger partial charge in [-0.3, -0.25) is 4.90 Å². The summed E-state index contributed by atoms with van der Waals surface area (Å²) in [6.45, 7) is 3.23. The summed E-state index contributed by atoms with van der Waals surface area (Å²) in [5, 5.41) is 11.4. The first-order valence-electron chi connectivity index (χ1n) is 7.11. The lowest BCUT2D eigenvalue weighted by atomic mass is 10.2. The van der Waals surface area contributed by atoms with E-state index in [0.29, 0.717) is 25.5 Å². The summed E-state index contributed by atoms with van der Waals surface area (Å²) in [7, 11) is 3.34. The normalized spacial score (nSPS) is 13.1. The molecule has 0 bridgehead atoms. The third-order valence-electron chi connectivity index (χ3n) is 3.43. The predicted octanol–water partition coefficient (Wildman–Crippen LogP) is 2.06. The van der Waals surface area contributed by atoms with E-state index in [1.807, 2.05) is 30.3 Å². The van der Waals surface area contributed by atoms with E-state index < -0.39 is 6.10 Å². The lowest BCUT2D eigenvalue weighted by molar-refractivity contribution is 0.0611. The van der Waals surface area contributed by atoms with Crippen molar-refractivity contribution in [2.45, 2.75) is 6.10 Å². The average molecular weight is 293 g/mol. The average Bonchev–Trinajstić information content (AvgIpc) is 2.94. The van der Waals surface area contributed by atoms with Crippen molar-refractivity contribution in [1.82, 2.24) is 4.90 Å². The van der Waals surface area contributed by atoms with Crippen molar-refractivity contribution in [3.8, 4) is 0 Å². The largest absolute Gasteiger partial charge is 0.458 e. The highest BCUT2D eigenvalue weighted by atomic mass is 16.5. The van der Waals surface area contributed by atoms with Crippen LogP contribution in [0.2, 0.25) is 0 Å². The molecule has 1 unspecified atom stereocenters. The number of methoxy groups -OCH3 is 2. The molecule has 0 saturated carbocycles. The monoisotopic (exact) mass is 293 g/mol. The molecule has 0 radical (unpaired) electrons. The molecular weight excluding hydrogens is 270 g/mol. The number of aliphatic hydroxyl groups is 1. The van der Waals surface area contributed by atoms with Crippen LogP contribution in [0.15, 0.2) is 34.7 Å². The first kappa shape index (κ1) is 16.0. The molecule has 1 atom stereocenters. The molecular formula is C16H23NO4. The number of furan rings is 1. The van der Waals surface area contributed by atoms with Crippen molar-refractivity contribution >= 4 is 11.0 Å². The summed E-state index contributed by atoms with van der Waals surface area (Å²) in [6, 6.07) is 9.65. The number of hydrogen-bond acceptors (Lipinski definition) is 5. The molecule has 0 aliphatic rings. The molecule has 0 aliphatic carbocycles. The molecule has 1 N–H and O–H groups in total. The van der Waals surface area contributed by atoms with E-state index in [9.17, 15) is 5.11 Å². The van der Waals surface area contributed by atoms with Crippen LogP contribution in [0.25, 0.3) is 11.0 Å². The number of rotatable bonds is 9. The van der Waals surface area contributed by atoms with Gasteiger partial charge in [0.1, 0.15) is 17.4 Å². The molecule has 0 amide bonds. The molecule has 1 aromatic carbocycles. The van der Waals surface area contributed by atoms with Crippen molar-refractivity contribution < 1.29 is 19.0 Å². The van der Waals surface area contributed by atoms with Crippen LogP contribution in [-0.4, -0.2) is 57.1 Å². The van der Waals surface area contributed by atoms with Gasteiger partial charge in [0.15, 0.2) is 0 Å². The quantitative estimate of drug-likeness (QED) is 0.767. The van der Waals surface area contributed by atoms with E-state index >= 15 is 0 Å². The summed E-state index contributed by atoms with van der Waals surface area (Å²) >= 11 is 0. The van der Waals surface area contributed by atoms with Crippen LogP contribution in [-0.2, 0) is 9.47 Å². The minimum atomic E-state index is -0.661. The molecule has 0 saturated heterocycles. The third-order valence-corrected chi connectivity index (χ3v) is 3.43. The van der Waals surface area contributed by atoms with E-state index in [4.69, 9.17) is 13.9 Å². The standard InChI is InChI=1S/C16H23NO4/c1-19-9-7-17(8-10-20-2)12-14(18)16-11-13-5-3-4-6-15(13)21-16/h3-6,11,14,18H,7-10,12H2,1-2H3. The zero-order chi connectivity index (χ0) is 15.1. The molecule has 1 heterocycles. The first-order chi connectivity index (χ1) is 10.2. The van der Waals surface area contributed by atoms with Crippen molar-refractivity contribution in [2.75, 3.05) is 47.1 Å². The summed E-state index contributed by atoms with van der Waals surface area (Å²) in [5.74, 6) is 0.594. The number of fused-ring (bicyclic) bond motifs is 1. The lowest BCUT2D eigenvalue weighted by Gasteiger charge is -2.23. The number of ether oxygens (including phenoxy) is 2. The Labute approximate surface area is 125 Å². The number of benzene rings is 1. The minimum Gasteiger partial charge on any atom is -0.458 e. The summed E-state index contributed by atoms with van der Waals surface area (Å²) in [6.07, 6.45) is -0.661. The second kappa shape index (κ2) is 8.14. The van der Waals surface area contributed by atoms with Gasteiger partial charge in [-0.2, -0.15) is 0 Å². The van der Waals surface area contributed by atoms with Crippen LogP contribution >= 0.6 is 0 Å². The fraction of sp³-hybridized carbons (Fsp3) is 0.500. The van der Waals surface area contributed by atoms with Gasteiger partial charge < -0.3 is 19.0 Å². The van der Waals surface area contributed by atoms with Gasteiger partial charge in [0.05, 0.1) is 13.2 Å². The smallest absolute Gasteiger partial charge is 0.135 e. The highest BCUT2D eigenvalue weighted by Gasteiger charge is 2.17. The summed E-state index contributed by atoms with van der Waals surface area (Å²) in [4.78, 5) is 2.10. The van der Waals surface area contributed by atoms with Gasteiger partial charge in [0.2, 0.25) is 0 Å². The van der Waals surface area contributed by atoms with E-state index in [1.54, 1.807) is 14.2 Å². The SMILES string of the molecule is COCCN(CCOC)CC(O)c1cc2ccccc2o1. The topological polar surface area (TPSA) is 55.1 Å². The van der Waals surface area contributed by atoms with Crippen LogP contribution in [0.1, 0.15) is 11.9 Å². The van der Waals surface area contributed by atoms with Gasteiger partial charge in [0, 0.05) is 39.2 Å². The Bertz CT molecular complexity index is 499. The molecule has 5 heteroatoms. The highest BCUT2D eigenvalue weighted by molar-refractivity contribution is 5.77. The number of aliphatic hydroxyl groups excluding tert-OH is 1. The zero-order valence-electron chi connectivity index (χ0n) is 12.6. The number of hydrogen-bond donors (Lipinski definition) is 1. The van der Waals surface area contributed by atoms with E-state index in [0.717, 1.165) is 24.1 Å². The van der Waals surface area contributed by atoms with Crippen LogP contribution in [0.3, 0.4) is 0 Å². The summed E-state index contributed by atoms with van der Waals surface area (Å²) < 4.78 is 15.9. The fourth-order valence-electron chi connectivity index (χ4n) is 2.24.